The van der Waals surface area contributed by atoms with E-state index in [1.807, 2.05) is 6.92 Å². The van der Waals surface area contributed by atoms with Crippen molar-refractivity contribution in [3.05, 3.63) is 0 Å². The van der Waals surface area contributed by atoms with E-state index >= 15 is 0 Å². The zero-order chi connectivity index (χ0) is 5.70. The third-order valence-electron chi connectivity index (χ3n) is 0.825. The maximum absolute atomic E-state index is 8.72. The van der Waals surface area contributed by atoms with Gasteiger partial charge in [0.15, 0.2) is 0 Å². The number of terminal acetylenes is 1. The van der Waals surface area contributed by atoms with Gasteiger partial charge in [-0.05, 0) is 6.42 Å². The van der Waals surface area contributed by atoms with Crippen LogP contribution in [0.4, 0.5) is 0 Å². The molecular formula is C6H12OS. The third-order valence-corrected chi connectivity index (χ3v) is 0.825. The van der Waals surface area contributed by atoms with Gasteiger partial charge in [-0.2, -0.15) is 13.5 Å². The van der Waals surface area contributed by atoms with Crippen LogP contribution in [0.3, 0.4) is 0 Å². The fourth-order valence-electron chi connectivity index (χ4n) is 0.280. The summed E-state index contributed by atoms with van der Waals surface area (Å²) < 4.78 is 0. The molecule has 0 aliphatic rings. The number of hydrogen-bond acceptors (Lipinski definition) is 1. The van der Waals surface area contributed by atoms with Crippen LogP contribution in [-0.4, -0.2) is 11.2 Å². The summed E-state index contributed by atoms with van der Waals surface area (Å²) in [6.07, 6.45) is 5.84. The van der Waals surface area contributed by atoms with Crippen molar-refractivity contribution >= 4 is 13.5 Å². The number of rotatable bonds is 2. The molecule has 0 aromatic heterocycles. The van der Waals surface area contributed by atoms with E-state index in [-0.39, 0.29) is 19.6 Å². The highest BCUT2D eigenvalue weighted by molar-refractivity contribution is 7.59. The average Bonchev–Trinajstić information content (AvgIpc) is 1.68. The predicted octanol–water partition coefficient (Wildman–Crippen LogP) is 0.893. The van der Waals surface area contributed by atoms with Crippen LogP contribution in [0.2, 0.25) is 0 Å². The minimum Gasteiger partial charge on any atom is -0.392 e. The van der Waals surface area contributed by atoms with Crippen LogP contribution in [0.25, 0.3) is 0 Å². The zero-order valence-corrected chi connectivity index (χ0v) is 6.02. The lowest BCUT2D eigenvalue weighted by Crippen LogP contribution is -2.00. The van der Waals surface area contributed by atoms with Crippen molar-refractivity contribution in [3.63, 3.8) is 0 Å². The van der Waals surface area contributed by atoms with Crippen molar-refractivity contribution in [2.45, 2.75) is 25.9 Å². The third kappa shape index (κ3) is 5.87. The molecule has 0 bridgehead atoms. The Labute approximate surface area is 57.6 Å². The first-order valence-electron chi connectivity index (χ1n) is 2.42. The van der Waals surface area contributed by atoms with E-state index in [0.29, 0.717) is 6.42 Å². The topological polar surface area (TPSA) is 20.2 Å². The molecule has 0 rings (SSSR count). The first kappa shape index (κ1) is 10.8. The summed E-state index contributed by atoms with van der Waals surface area (Å²) in [4.78, 5) is 0. The standard InChI is InChI=1S/C6H10O.H2S/c1-3-5-6(7)4-2;/h1,6-7H,4-5H2,2H3;1H2/t6-;/m1./s1. The van der Waals surface area contributed by atoms with Gasteiger partial charge in [0.2, 0.25) is 0 Å². The van der Waals surface area contributed by atoms with Gasteiger partial charge in [0.25, 0.3) is 0 Å². The molecule has 0 aliphatic carbocycles. The molecule has 1 atom stereocenters. The number of aliphatic hydroxyl groups excluding tert-OH is 1. The van der Waals surface area contributed by atoms with Gasteiger partial charge < -0.3 is 5.11 Å². The summed E-state index contributed by atoms with van der Waals surface area (Å²) >= 11 is 0. The largest absolute Gasteiger partial charge is 0.392 e. The fourth-order valence-corrected chi connectivity index (χ4v) is 0.280. The Morgan fingerprint density at radius 1 is 1.75 bits per heavy atom. The second-order valence-corrected chi connectivity index (χ2v) is 1.47. The maximum atomic E-state index is 8.72. The number of aliphatic hydroxyl groups is 1. The lowest BCUT2D eigenvalue weighted by atomic mass is 10.2. The lowest BCUT2D eigenvalue weighted by Gasteiger charge is -1.97. The highest BCUT2D eigenvalue weighted by Crippen LogP contribution is 1.92. The maximum Gasteiger partial charge on any atom is 0.0646 e. The van der Waals surface area contributed by atoms with Crippen LogP contribution in [0.15, 0.2) is 0 Å². The fraction of sp³-hybridized carbons (Fsp3) is 0.667. The van der Waals surface area contributed by atoms with Crippen LogP contribution in [0.1, 0.15) is 19.8 Å². The quantitative estimate of drug-likeness (QED) is 0.553. The predicted molar refractivity (Wildman–Crippen MR) is 40.1 cm³/mol. The van der Waals surface area contributed by atoms with Gasteiger partial charge in [-0.3, -0.25) is 0 Å². The molecule has 8 heavy (non-hydrogen) atoms. The van der Waals surface area contributed by atoms with Gasteiger partial charge in [0.1, 0.15) is 0 Å². The van der Waals surface area contributed by atoms with Crippen molar-refractivity contribution < 1.29 is 5.11 Å². The van der Waals surface area contributed by atoms with E-state index in [1.165, 1.54) is 0 Å². The van der Waals surface area contributed by atoms with Gasteiger partial charge in [-0.1, -0.05) is 6.92 Å². The minimum atomic E-state index is -0.287. The van der Waals surface area contributed by atoms with Gasteiger partial charge >= 0.3 is 0 Å². The highest BCUT2D eigenvalue weighted by Gasteiger charge is 1.93. The summed E-state index contributed by atoms with van der Waals surface area (Å²) in [7, 11) is 0. The Morgan fingerprint density at radius 3 is 2.38 bits per heavy atom. The molecule has 0 fully saturated rings. The molecule has 0 heterocycles. The molecule has 0 saturated heterocycles. The second kappa shape index (κ2) is 6.87. The Morgan fingerprint density at radius 2 is 2.25 bits per heavy atom. The molecule has 0 spiro atoms. The first-order chi connectivity index (χ1) is 3.31. The van der Waals surface area contributed by atoms with Crippen LogP contribution in [0.5, 0.6) is 0 Å². The summed E-state index contributed by atoms with van der Waals surface area (Å²) in [5, 5.41) is 8.72. The minimum absolute atomic E-state index is 0. The Bertz CT molecular complexity index is 75.1. The van der Waals surface area contributed by atoms with E-state index in [0.717, 1.165) is 6.42 Å². The Kier molecular flexibility index (Phi) is 9.26. The SMILES string of the molecule is C#CC[C@H](O)CC.S. The molecule has 0 aromatic carbocycles. The molecule has 0 aromatic rings. The van der Waals surface area contributed by atoms with Crippen LogP contribution in [0, 0.1) is 12.3 Å². The monoisotopic (exact) mass is 132 g/mol. The Balaban J connectivity index is 0. The first-order valence-corrected chi connectivity index (χ1v) is 2.42. The van der Waals surface area contributed by atoms with E-state index in [1.54, 1.807) is 0 Å². The lowest BCUT2D eigenvalue weighted by molar-refractivity contribution is 0.176. The zero-order valence-electron chi connectivity index (χ0n) is 5.02. The molecule has 0 amide bonds. The summed E-state index contributed by atoms with van der Waals surface area (Å²) in [5.74, 6) is 2.37. The molecule has 2 heteroatoms. The van der Waals surface area contributed by atoms with E-state index in [2.05, 4.69) is 5.92 Å². The molecule has 1 N–H and O–H groups in total. The van der Waals surface area contributed by atoms with Crippen molar-refractivity contribution in [1.29, 1.82) is 0 Å². The van der Waals surface area contributed by atoms with Crippen LogP contribution in [-0.2, 0) is 0 Å². The molecule has 1 nitrogen and oxygen atoms in total. The van der Waals surface area contributed by atoms with Crippen LogP contribution < -0.4 is 0 Å². The van der Waals surface area contributed by atoms with Gasteiger partial charge in [0.05, 0.1) is 6.10 Å². The van der Waals surface area contributed by atoms with Crippen molar-refractivity contribution in [2.24, 2.45) is 0 Å². The van der Waals surface area contributed by atoms with E-state index in [4.69, 9.17) is 11.5 Å². The summed E-state index contributed by atoms with van der Waals surface area (Å²) in [5.41, 5.74) is 0. The van der Waals surface area contributed by atoms with Crippen molar-refractivity contribution in [1.82, 2.24) is 0 Å². The Hall–Kier alpha value is -0.130. The normalized spacial score (nSPS) is 11.1. The molecular weight excluding hydrogens is 120 g/mol. The molecule has 0 unspecified atom stereocenters. The van der Waals surface area contributed by atoms with Gasteiger partial charge in [0, 0.05) is 6.42 Å². The van der Waals surface area contributed by atoms with Crippen molar-refractivity contribution in [3.8, 4) is 12.3 Å². The highest BCUT2D eigenvalue weighted by atomic mass is 32.1. The summed E-state index contributed by atoms with van der Waals surface area (Å²) in [6, 6.07) is 0. The second-order valence-electron chi connectivity index (χ2n) is 1.47. The molecule has 0 radical (unpaired) electrons. The summed E-state index contributed by atoms with van der Waals surface area (Å²) in [6.45, 7) is 1.90. The smallest absolute Gasteiger partial charge is 0.0646 e. The van der Waals surface area contributed by atoms with E-state index in [9.17, 15) is 0 Å². The van der Waals surface area contributed by atoms with E-state index < -0.39 is 0 Å². The van der Waals surface area contributed by atoms with Crippen LogP contribution >= 0.6 is 13.5 Å². The van der Waals surface area contributed by atoms with Gasteiger partial charge in [-0.25, -0.2) is 0 Å². The molecule has 0 saturated carbocycles. The van der Waals surface area contributed by atoms with Crippen molar-refractivity contribution in [2.75, 3.05) is 0 Å². The molecule has 48 valence electrons. The number of hydrogen-bond donors (Lipinski definition) is 1. The average molecular weight is 132 g/mol. The van der Waals surface area contributed by atoms with Gasteiger partial charge in [-0.15, -0.1) is 12.3 Å². The molecule has 0 aliphatic heterocycles.